The fourth-order valence-corrected chi connectivity index (χ4v) is 2.83. The maximum absolute atomic E-state index is 4.34. The lowest BCUT2D eigenvalue weighted by Crippen LogP contribution is -2.43. The van der Waals surface area contributed by atoms with Crippen molar-refractivity contribution in [2.24, 2.45) is 4.99 Å². The van der Waals surface area contributed by atoms with Crippen LogP contribution in [0.15, 0.2) is 59.6 Å². The average molecular weight is 353 g/mol. The van der Waals surface area contributed by atoms with Gasteiger partial charge in [-0.3, -0.25) is 4.99 Å². The van der Waals surface area contributed by atoms with Crippen molar-refractivity contribution in [2.75, 3.05) is 27.7 Å². The number of hydrogen-bond acceptors (Lipinski definition) is 2. The molecule has 2 N–H and O–H groups in total. The first-order valence-corrected chi connectivity index (χ1v) is 9.13. The third-order valence-corrected chi connectivity index (χ3v) is 4.46. The molecule has 0 aliphatic heterocycles. The monoisotopic (exact) mass is 352 g/mol. The molecule has 0 aromatic heterocycles. The molecule has 0 atom stereocenters. The number of aliphatic imine (C=N–C) groups is 1. The molecule has 0 heterocycles. The molecule has 4 heteroatoms. The molecular formula is C22H32N4. The van der Waals surface area contributed by atoms with Crippen LogP contribution < -0.4 is 10.6 Å². The van der Waals surface area contributed by atoms with E-state index in [2.05, 4.69) is 103 Å². The lowest BCUT2D eigenvalue weighted by molar-refractivity contribution is 0.402. The molecule has 140 valence electrons. The summed E-state index contributed by atoms with van der Waals surface area (Å²) in [6, 6.07) is 19.3. The summed E-state index contributed by atoms with van der Waals surface area (Å²) >= 11 is 0. The van der Waals surface area contributed by atoms with Crippen LogP contribution in [0.5, 0.6) is 0 Å². The van der Waals surface area contributed by atoms with Crippen LogP contribution in [0.2, 0.25) is 0 Å². The van der Waals surface area contributed by atoms with Gasteiger partial charge < -0.3 is 15.5 Å². The van der Waals surface area contributed by atoms with Crippen LogP contribution in [0, 0.1) is 0 Å². The van der Waals surface area contributed by atoms with E-state index in [1.807, 2.05) is 7.05 Å². The Bertz CT molecular complexity index is 688. The molecule has 0 bridgehead atoms. The standard InChI is InChI=1S/C22H32N4/c1-22(2,20-9-7-6-8-10-20)17-25-21(23-3)24-15-18-11-13-19(14-12-18)16-26(4)5/h6-14H,15-17H2,1-5H3,(H2,23,24,25). The van der Waals surface area contributed by atoms with Crippen LogP contribution in [0.4, 0.5) is 0 Å². The maximum atomic E-state index is 4.34. The van der Waals surface area contributed by atoms with E-state index in [-0.39, 0.29) is 5.41 Å². The number of guanidine groups is 1. The van der Waals surface area contributed by atoms with Gasteiger partial charge >= 0.3 is 0 Å². The summed E-state index contributed by atoms with van der Waals surface area (Å²) in [4.78, 5) is 6.52. The topological polar surface area (TPSA) is 39.7 Å². The number of nitrogens with one attached hydrogen (secondary N) is 2. The van der Waals surface area contributed by atoms with Gasteiger partial charge in [0.1, 0.15) is 0 Å². The van der Waals surface area contributed by atoms with Crippen molar-refractivity contribution in [1.82, 2.24) is 15.5 Å². The van der Waals surface area contributed by atoms with E-state index in [4.69, 9.17) is 0 Å². The van der Waals surface area contributed by atoms with E-state index >= 15 is 0 Å². The van der Waals surface area contributed by atoms with Gasteiger partial charge in [0.25, 0.3) is 0 Å². The second kappa shape index (κ2) is 9.39. The third-order valence-electron chi connectivity index (χ3n) is 4.46. The molecule has 2 aromatic carbocycles. The van der Waals surface area contributed by atoms with Crippen molar-refractivity contribution < 1.29 is 0 Å². The Kier molecular flexibility index (Phi) is 7.22. The first kappa shape index (κ1) is 20.0. The van der Waals surface area contributed by atoms with Crippen LogP contribution in [-0.2, 0) is 18.5 Å². The molecule has 0 saturated carbocycles. The first-order valence-electron chi connectivity index (χ1n) is 9.13. The number of rotatable bonds is 7. The van der Waals surface area contributed by atoms with Crippen LogP contribution >= 0.6 is 0 Å². The quantitative estimate of drug-likeness (QED) is 0.593. The van der Waals surface area contributed by atoms with Crippen LogP contribution in [0.25, 0.3) is 0 Å². The maximum Gasteiger partial charge on any atom is 0.191 e. The molecule has 0 unspecified atom stereocenters. The fraction of sp³-hybridized carbons (Fsp3) is 0.409. The zero-order valence-electron chi connectivity index (χ0n) is 16.7. The van der Waals surface area contributed by atoms with Gasteiger partial charge in [-0.15, -0.1) is 0 Å². The molecule has 2 aromatic rings. The van der Waals surface area contributed by atoms with Crippen molar-refractivity contribution in [3.05, 3.63) is 71.3 Å². The van der Waals surface area contributed by atoms with Gasteiger partial charge in [0.2, 0.25) is 0 Å². The van der Waals surface area contributed by atoms with Crippen molar-refractivity contribution in [2.45, 2.75) is 32.4 Å². The van der Waals surface area contributed by atoms with Gasteiger partial charge in [0.15, 0.2) is 5.96 Å². The van der Waals surface area contributed by atoms with E-state index in [1.165, 1.54) is 16.7 Å². The number of nitrogens with zero attached hydrogens (tertiary/aromatic N) is 2. The van der Waals surface area contributed by atoms with Crippen molar-refractivity contribution >= 4 is 5.96 Å². The average Bonchev–Trinajstić information content (AvgIpc) is 2.63. The highest BCUT2D eigenvalue weighted by Crippen LogP contribution is 2.21. The summed E-state index contributed by atoms with van der Waals surface area (Å²) in [5.74, 6) is 0.825. The van der Waals surface area contributed by atoms with E-state index in [0.29, 0.717) is 0 Å². The number of hydrogen-bond donors (Lipinski definition) is 2. The van der Waals surface area contributed by atoms with Crippen LogP contribution in [-0.4, -0.2) is 38.5 Å². The van der Waals surface area contributed by atoms with Crippen LogP contribution in [0.1, 0.15) is 30.5 Å². The Morgan fingerprint density at radius 2 is 1.54 bits per heavy atom. The van der Waals surface area contributed by atoms with Crippen molar-refractivity contribution in [3.63, 3.8) is 0 Å². The van der Waals surface area contributed by atoms with Crippen molar-refractivity contribution in [3.8, 4) is 0 Å². The van der Waals surface area contributed by atoms with Gasteiger partial charge in [0.05, 0.1) is 0 Å². The molecule has 0 amide bonds. The van der Waals surface area contributed by atoms with E-state index in [0.717, 1.165) is 25.6 Å². The highest BCUT2D eigenvalue weighted by atomic mass is 15.2. The smallest absolute Gasteiger partial charge is 0.191 e. The molecule has 2 rings (SSSR count). The normalized spacial score (nSPS) is 12.3. The second-order valence-electron chi connectivity index (χ2n) is 7.58. The Balaban J connectivity index is 1.86. The molecule has 26 heavy (non-hydrogen) atoms. The molecule has 0 fully saturated rings. The molecule has 0 aliphatic rings. The zero-order chi connectivity index (χ0) is 19.0. The minimum absolute atomic E-state index is 0.0344. The zero-order valence-corrected chi connectivity index (χ0v) is 16.7. The lowest BCUT2D eigenvalue weighted by Gasteiger charge is -2.26. The predicted octanol–water partition coefficient (Wildman–Crippen LogP) is 3.39. The Hall–Kier alpha value is -2.33. The molecular weight excluding hydrogens is 320 g/mol. The highest BCUT2D eigenvalue weighted by molar-refractivity contribution is 5.79. The minimum Gasteiger partial charge on any atom is -0.356 e. The minimum atomic E-state index is 0.0344. The molecule has 0 spiro atoms. The van der Waals surface area contributed by atoms with E-state index in [9.17, 15) is 0 Å². The summed E-state index contributed by atoms with van der Waals surface area (Å²) in [7, 11) is 5.98. The van der Waals surface area contributed by atoms with E-state index < -0.39 is 0 Å². The third kappa shape index (κ3) is 6.19. The summed E-state index contributed by atoms with van der Waals surface area (Å²) < 4.78 is 0. The summed E-state index contributed by atoms with van der Waals surface area (Å²) in [5.41, 5.74) is 3.93. The number of benzene rings is 2. The summed E-state index contributed by atoms with van der Waals surface area (Å²) in [6.45, 7) is 7.02. The molecule has 0 aliphatic carbocycles. The Morgan fingerprint density at radius 1 is 0.923 bits per heavy atom. The van der Waals surface area contributed by atoms with Gasteiger partial charge in [-0.1, -0.05) is 68.4 Å². The SMILES string of the molecule is CN=C(NCc1ccc(CN(C)C)cc1)NCC(C)(C)c1ccccc1. The predicted molar refractivity (Wildman–Crippen MR) is 112 cm³/mol. The fourth-order valence-electron chi connectivity index (χ4n) is 2.83. The van der Waals surface area contributed by atoms with Gasteiger partial charge in [-0.25, -0.2) is 0 Å². The highest BCUT2D eigenvalue weighted by Gasteiger charge is 2.20. The van der Waals surface area contributed by atoms with Gasteiger partial charge in [0, 0.05) is 32.1 Å². The lowest BCUT2D eigenvalue weighted by atomic mass is 9.85. The largest absolute Gasteiger partial charge is 0.356 e. The van der Waals surface area contributed by atoms with Gasteiger partial charge in [-0.05, 0) is 30.8 Å². The van der Waals surface area contributed by atoms with Crippen molar-refractivity contribution in [1.29, 1.82) is 0 Å². The summed E-state index contributed by atoms with van der Waals surface area (Å²) in [5, 5.41) is 6.85. The van der Waals surface area contributed by atoms with Gasteiger partial charge in [-0.2, -0.15) is 0 Å². The van der Waals surface area contributed by atoms with Crippen LogP contribution in [0.3, 0.4) is 0 Å². The Morgan fingerprint density at radius 3 is 2.12 bits per heavy atom. The Labute approximate surface area is 158 Å². The second-order valence-corrected chi connectivity index (χ2v) is 7.58. The molecule has 0 saturated heterocycles. The molecule has 4 nitrogen and oxygen atoms in total. The molecule has 0 radical (unpaired) electrons. The summed E-state index contributed by atoms with van der Waals surface area (Å²) in [6.07, 6.45) is 0. The first-order chi connectivity index (χ1) is 12.4. The van der Waals surface area contributed by atoms with E-state index in [1.54, 1.807) is 0 Å².